The fraction of sp³-hybridized carbons (Fsp3) is 0.789. The van der Waals surface area contributed by atoms with Gasteiger partial charge in [0.05, 0.1) is 12.6 Å². The number of nitrogens with zero attached hydrogens (tertiary/aromatic N) is 3. The van der Waals surface area contributed by atoms with Crippen LogP contribution in [0.2, 0.25) is 0 Å². The van der Waals surface area contributed by atoms with Crippen LogP contribution in [0.25, 0.3) is 0 Å². The van der Waals surface area contributed by atoms with E-state index in [-0.39, 0.29) is 11.4 Å². The second-order valence-corrected chi connectivity index (χ2v) is 7.15. The summed E-state index contributed by atoms with van der Waals surface area (Å²) in [5, 5.41) is 10.8. The van der Waals surface area contributed by atoms with Crippen LogP contribution < -0.4 is 11.4 Å². The number of hydrogen-bond donors (Lipinski definition) is 1. The highest BCUT2D eigenvalue weighted by Gasteiger charge is 2.32. The first-order valence-electron chi connectivity index (χ1n) is 9.78. The third-order valence-electron chi connectivity index (χ3n) is 5.21. The summed E-state index contributed by atoms with van der Waals surface area (Å²) < 4.78 is 4.10. The molecule has 0 amide bonds. The maximum absolute atomic E-state index is 12.6. The maximum Gasteiger partial charge on any atom is 0.347 e. The number of fused-ring (bicyclic) bond motifs is 1. The van der Waals surface area contributed by atoms with Crippen LogP contribution in [0.5, 0.6) is 0 Å². The number of hydrogen-bond acceptors (Lipinski definition) is 3. The number of aromatic nitrogens is 3. The van der Waals surface area contributed by atoms with Crippen molar-refractivity contribution >= 4 is 0 Å². The van der Waals surface area contributed by atoms with Crippen molar-refractivity contribution in [3.8, 4) is 0 Å². The number of aliphatic hydroxyl groups excluding tert-OH is 1. The Morgan fingerprint density at radius 1 is 1.08 bits per heavy atom. The van der Waals surface area contributed by atoms with Gasteiger partial charge < -0.3 is 5.11 Å². The van der Waals surface area contributed by atoms with Crippen LogP contribution in [0.3, 0.4) is 0 Å². The van der Waals surface area contributed by atoms with Crippen LogP contribution in [0.15, 0.2) is 21.2 Å². The quantitative estimate of drug-likeness (QED) is 0.520. The van der Waals surface area contributed by atoms with E-state index >= 15 is 0 Å². The Balaban J connectivity index is 2.26. The van der Waals surface area contributed by atoms with Gasteiger partial charge >= 0.3 is 11.4 Å². The summed E-state index contributed by atoms with van der Waals surface area (Å²) >= 11 is 0. The highest BCUT2D eigenvalue weighted by atomic mass is 16.3. The lowest BCUT2D eigenvalue weighted by atomic mass is 9.92. The Labute approximate surface area is 149 Å². The molecule has 0 aromatic carbocycles. The van der Waals surface area contributed by atoms with E-state index in [1.165, 1.54) is 29.3 Å². The van der Waals surface area contributed by atoms with E-state index in [9.17, 15) is 14.7 Å². The van der Waals surface area contributed by atoms with Crippen molar-refractivity contribution in [3.05, 3.63) is 32.6 Å². The van der Waals surface area contributed by atoms with Crippen LogP contribution in [0.4, 0.5) is 0 Å². The summed E-state index contributed by atoms with van der Waals surface area (Å²) in [7, 11) is 1.50. The second-order valence-electron chi connectivity index (χ2n) is 7.15. The van der Waals surface area contributed by atoms with Crippen molar-refractivity contribution in [2.45, 2.75) is 90.3 Å². The average Bonchev–Trinajstić information content (AvgIpc) is 2.83. The van der Waals surface area contributed by atoms with Crippen LogP contribution in [0.1, 0.15) is 77.7 Å². The Kier molecular flexibility index (Phi) is 7.29. The lowest BCUT2D eigenvalue weighted by molar-refractivity contribution is 0.0961. The van der Waals surface area contributed by atoms with Gasteiger partial charge in [-0.1, -0.05) is 58.4 Å². The molecule has 0 radical (unpaired) electrons. The van der Waals surface area contributed by atoms with Crippen molar-refractivity contribution in [1.82, 2.24) is 13.9 Å². The topological polar surface area (TPSA) is 69.2 Å². The molecule has 0 spiro atoms. The number of allylic oxidation sites excluding steroid dienone is 1. The molecule has 142 valence electrons. The molecule has 0 saturated heterocycles. The van der Waals surface area contributed by atoms with Crippen molar-refractivity contribution in [2.75, 3.05) is 0 Å². The Morgan fingerprint density at radius 2 is 1.76 bits per heavy atom. The van der Waals surface area contributed by atoms with Gasteiger partial charge in [0.25, 0.3) is 0 Å². The summed E-state index contributed by atoms with van der Waals surface area (Å²) in [6.45, 7) is 4.73. The van der Waals surface area contributed by atoms with Gasteiger partial charge in [-0.2, -0.15) is 0 Å². The molecule has 1 aliphatic rings. The number of aliphatic hydroxyl groups is 1. The molecule has 2 rings (SSSR count). The monoisotopic (exact) mass is 351 g/mol. The third-order valence-corrected chi connectivity index (χ3v) is 5.21. The van der Waals surface area contributed by atoms with Gasteiger partial charge in [-0.25, -0.2) is 23.5 Å². The molecule has 1 unspecified atom stereocenters. The SMILES string of the molecule is CCCCCCC1=CCn2c(=O)n(C)c(=O)n2[C@H]1C(O)CCCCC. The van der Waals surface area contributed by atoms with Gasteiger partial charge in [0.2, 0.25) is 0 Å². The van der Waals surface area contributed by atoms with Crippen molar-refractivity contribution in [1.29, 1.82) is 0 Å². The van der Waals surface area contributed by atoms with Crippen LogP contribution in [-0.2, 0) is 13.6 Å². The van der Waals surface area contributed by atoms with Crippen molar-refractivity contribution in [3.63, 3.8) is 0 Å². The van der Waals surface area contributed by atoms with E-state index in [1.807, 2.05) is 6.08 Å². The third kappa shape index (κ3) is 4.35. The van der Waals surface area contributed by atoms with Gasteiger partial charge in [0, 0.05) is 7.05 Å². The molecule has 0 aliphatic carbocycles. The van der Waals surface area contributed by atoms with E-state index in [2.05, 4.69) is 13.8 Å². The van der Waals surface area contributed by atoms with E-state index in [4.69, 9.17) is 0 Å². The minimum absolute atomic E-state index is 0.308. The molecule has 1 aromatic rings. The average molecular weight is 351 g/mol. The Morgan fingerprint density at radius 3 is 2.44 bits per heavy atom. The molecule has 0 saturated carbocycles. The lowest BCUT2D eigenvalue weighted by Crippen LogP contribution is -2.40. The van der Waals surface area contributed by atoms with Crippen molar-refractivity contribution in [2.24, 2.45) is 7.05 Å². The van der Waals surface area contributed by atoms with Crippen LogP contribution >= 0.6 is 0 Å². The zero-order valence-electron chi connectivity index (χ0n) is 15.9. The van der Waals surface area contributed by atoms with E-state index in [1.54, 1.807) is 0 Å². The van der Waals surface area contributed by atoms with Gasteiger partial charge in [-0.3, -0.25) is 0 Å². The zero-order valence-corrected chi connectivity index (χ0v) is 15.9. The Bertz CT molecular complexity index is 696. The van der Waals surface area contributed by atoms with Gasteiger partial charge in [0.15, 0.2) is 0 Å². The summed E-state index contributed by atoms with van der Waals surface area (Å²) in [6, 6.07) is -0.409. The summed E-state index contributed by atoms with van der Waals surface area (Å²) in [4.78, 5) is 24.8. The fourth-order valence-electron chi connectivity index (χ4n) is 3.70. The molecule has 0 bridgehead atoms. The standard InChI is InChI=1S/C19H33N3O3/c1-4-6-8-10-11-15-13-14-21-18(24)20(3)19(25)22(21)17(15)16(23)12-9-7-5-2/h13,16-17,23H,4-12,14H2,1-3H3/t16?,17-/m1/s1. The first-order chi connectivity index (χ1) is 12.0. The molecule has 0 fully saturated rings. The van der Waals surface area contributed by atoms with Gasteiger partial charge in [-0.05, 0) is 24.8 Å². The predicted molar refractivity (Wildman–Crippen MR) is 100.0 cm³/mol. The van der Waals surface area contributed by atoms with Crippen LogP contribution in [0, 0.1) is 0 Å². The highest BCUT2D eigenvalue weighted by Crippen LogP contribution is 2.30. The molecular formula is C19H33N3O3. The van der Waals surface area contributed by atoms with Crippen molar-refractivity contribution < 1.29 is 5.11 Å². The number of unbranched alkanes of at least 4 members (excludes halogenated alkanes) is 5. The molecule has 6 heteroatoms. The fourth-order valence-corrected chi connectivity index (χ4v) is 3.70. The molecule has 1 N–H and O–H groups in total. The van der Waals surface area contributed by atoms with E-state index < -0.39 is 12.1 Å². The first-order valence-corrected chi connectivity index (χ1v) is 9.78. The largest absolute Gasteiger partial charge is 0.391 e. The Hall–Kier alpha value is -1.56. The summed E-state index contributed by atoms with van der Waals surface area (Å²) in [5.74, 6) is 0. The highest BCUT2D eigenvalue weighted by molar-refractivity contribution is 5.15. The molecule has 6 nitrogen and oxygen atoms in total. The smallest absolute Gasteiger partial charge is 0.347 e. The molecule has 1 aromatic heterocycles. The molecule has 25 heavy (non-hydrogen) atoms. The minimum Gasteiger partial charge on any atom is -0.391 e. The van der Waals surface area contributed by atoms with E-state index in [0.29, 0.717) is 13.0 Å². The molecular weight excluding hydrogens is 318 g/mol. The normalized spacial score (nSPS) is 18.1. The zero-order chi connectivity index (χ0) is 18.4. The first kappa shape index (κ1) is 19.8. The maximum atomic E-state index is 12.6. The molecule has 2 atom stereocenters. The van der Waals surface area contributed by atoms with E-state index in [0.717, 1.165) is 48.7 Å². The lowest BCUT2D eigenvalue weighted by Gasteiger charge is -2.31. The minimum atomic E-state index is -0.630. The molecule has 2 heterocycles. The molecule has 1 aliphatic heterocycles. The van der Waals surface area contributed by atoms with Gasteiger partial charge in [0.1, 0.15) is 6.04 Å². The van der Waals surface area contributed by atoms with Crippen LogP contribution in [-0.4, -0.2) is 25.1 Å². The van der Waals surface area contributed by atoms with Gasteiger partial charge in [-0.15, -0.1) is 0 Å². The number of rotatable bonds is 10. The second kappa shape index (κ2) is 9.22. The summed E-state index contributed by atoms with van der Waals surface area (Å²) in [6.07, 6.45) is 10.6. The summed E-state index contributed by atoms with van der Waals surface area (Å²) in [5.41, 5.74) is 0.466. The predicted octanol–water partition coefficient (Wildman–Crippen LogP) is 2.74.